The number of anilines is 1. The number of rotatable bonds is 6. The van der Waals surface area contributed by atoms with Crippen LogP contribution in [0.4, 0.5) is 5.82 Å². The Balaban J connectivity index is 1.61. The van der Waals surface area contributed by atoms with Crippen LogP contribution in [0.25, 0.3) is 0 Å². The van der Waals surface area contributed by atoms with Crippen molar-refractivity contribution >= 4 is 23.5 Å². The van der Waals surface area contributed by atoms with E-state index in [4.69, 9.17) is 11.2 Å². The van der Waals surface area contributed by atoms with E-state index in [1.807, 2.05) is 54.6 Å². The summed E-state index contributed by atoms with van der Waals surface area (Å²) in [5.41, 5.74) is 2.09. The summed E-state index contributed by atoms with van der Waals surface area (Å²) in [6.45, 7) is 0.470. The number of ether oxygens (including phenoxy) is 1. The van der Waals surface area contributed by atoms with E-state index in [1.165, 1.54) is 11.8 Å². The first-order chi connectivity index (χ1) is 15.1. The van der Waals surface area contributed by atoms with Gasteiger partial charge in [0, 0.05) is 19.4 Å². The summed E-state index contributed by atoms with van der Waals surface area (Å²) in [6, 6.07) is 17.4. The van der Waals surface area contributed by atoms with Crippen molar-refractivity contribution in [2.75, 3.05) is 11.1 Å². The summed E-state index contributed by atoms with van der Waals surface area (Å²) in [5, 5.41) is 3.31. The Kier molecular flexibility index (Phi) is 6.10. The molecule has 0 aliphatic carbocycles. The lowest BCUT2D eigenvalue weighted by Crippen LogP contribution is -2.33. The molecular formula is C24H21N3O3S. The third-order valence-electron chi connectivity index (χ3n) is 5.12. The molecule has 1 atom stereocenters. The molecule has 156 valence electrons. The van der Waals surface area contributed by atoms with Crippen LogP contribution in [0.15, 0.2) is 64.5 Å². The normalized spacial score (nSPS) is 15.0. The zero-order valence-corrected chi connectivity index (χ0v) is 17.8. The molecule has 0 spiro atoms. The largest absolute Gasteiger partial charge is 0.489 e. The van der Waals surface area contributed by atoms with Crippen LogP contribution in [-0.4, -0.2) is 21.2 Å². The minimum absolute atomic E-state index is 0.143. The van der Waals surface area contributed by atoms with Crippen molar-refractivity contribution in [1.29, 1.82) is 0 Å². The maximum Gasteiger partial charge on any atom is 0.279 e. The molecule has 1 aliphatic heterocycles. The Morgan fingerprint density at radius 1 is 1.19 bits per heavy atom. The fourth-order valence-electron chi connectivity index (χ4n) is 3.59. The van der Waals surface area contributed by atoms with Gasteiger partial charge in [0.05, 0.1) is 11.3 Å². The second-order valence-corrected chi connectivity index (χ2v) is 8.10. The maximum atomic E-state index is 12.9. The second kappa shape index (κ2) is 9.11. The minimum atomic E-state index is -0.371. The highest BCUT2D eigenvalue weighted by Crippen LogP contribution is 2.36. The van der Waals surface area contributed by atoms with Gasteiger partial charge in [0.1, 0.15) is 18.2 Å². The zero-order chi connectivity index (χ0) is 21.8. The summed E-state index contributed by atoms with van der Waals surface area (Å²) in [7, 11) is 1.77. The molecule has 3 aromatic rings. The predicted octanol–water partition coefficient (Wildman–Crippen LogP) is 3.56. The lowest BCUT2D eigenvalue weighted by Gasteiger charge is -2.27. The molecule has 2 heterocycles. The van der Waals surface area contributed by atoms with Gasteiger partial charge in [-0.1, -0.05) is 60.1 Å². The summed E-state index contributed by atoms with van der Waals surface area (Å²) in [6.07, 6.45) is 5.51. The van der Waals surface area contributed by atoms with Gasteiger partial charge >= 0.3 is 0 Å². The molecule has 1 unspecified atom stereocenters. The molecular weight excluding hydrogens is 410 g/mol. The number of amides is 1. The van der Waals surface area contributed by atoms with Gasteiger partial charge in [0.2, 0.25) is 5.91 Å². The number of nitrogens with one attached hydrogen (secondary N) is 1. The molecule has 0 fully saturated rings. The molecule has 1 aromatic heterocycles. The van der Waals surface area contributed by atoms with Crippen LogP contribution in [0, 0.1) is 12.3 Å². The standard InChI is InChI=1S/C24H21N3O3S/c1-3-13-31-24-26-23(29)21-19(14-20(28)25-22(21)27(24)2)17-9-11-18(12-10-17)30-15-16-7-5-4-6-8-16/h1,4-12,19H,13-15H2,2H3,(H,25,28). The average molecular weight is 432 g/mol. The number of nitrogens with zero attached hydrogens (tertiary/aromatic N) is 2. The van der Waals surface area contributed by atoms with Crippen LogP contribution in [0.3, 0.4) is 0 Å². The van der Waals surface area contributed by atoms with Crippen LogP contribution in [0.1, 0.15) is 29.0 Å². The molecule has 1 aliphatic rings. The third kappa shape index (κ3) is 4.49. The quantitative estimate of drug-likeness (QED) is 0.367. The molecule has 2 aromatic carbocycles. The van der Waals surface area contributed by atoms with Crippen molar-refractivity contribution in [3.63, 3.8) is 0 Å². The fraction of sp³-hybridized carbons (Fsp3) is 0.208. The topological polar surface area (TPSA) is 73.2 Å². The number of carbonyl (C=O) groups excluding carboxylic acids is 1. The van der Waals surface area contributed by atoms with Crippen LogP contribution in [0.2, 0.25) is 0 Å². The van der Waals surface area contributed by atoms with Crippen LogP contribution < -0.4 is 15.6 Å². The van der Waals surface area contributed by atoms with Gasteiger partial charge in [-0.15, -0.1) is 6.42 Å². The first-order valence-electron chi connectivity index (χ1n) is 9.80. The Morgan fingerprint density at radius 2 is 1.94 bits per heavy atom. The summed E-state index contributed by atoms with van der Waals surface area (Å²) < 4.78 is 7.57. The minimum Gasteiger partial charge on any atom is -0.489 e. The van der Waals surface area contributed by atoms with E-state index in [2.05, 4.69) is 16.2 Å². The summed E-state index contributed by atoms with van der Waals surface area (Å²) >= 11 is 1.29. The van der Waals surface area contributed by atoms with Crippen molar-refractivity contribution in [1.82, 2.24) is 9.55 Å². The number of thioether (sulfide) groups is 1. The molecule has 1 N–H and O–H groups in total. The summed E-state index contributed by atoms with van der Waals surface area (Å²) in [4.78, 5) is 29.5. The van der Waals surface area contributed by atoms with E-state index in [-0.39, 0.29) is 23.8 Å². The summed E-state index contributed by atoms with van der Waals surface area (Å²) in [5.74, 6) is 3.60. The molecule has 31 heavy (non-hydrogen) atoms. The molecule has 0 saturated heterocycles. The van der Waals surface area contributed by atoms with E-state index in [9.17, 15) is 9.59 Å². The predicted molar refractivity (Wildman–Crippen MR) is 121 cm³/mol. The van der Waals surface area contributed by atoms with Crippen molar-refractivity contribution < 1.29 is 9.53 Å². The Labute approximate surface area is 184 Å². The molecule has 4 rings (SSSR count). The number of carbonyl (C=O) groups is 1. The Morgan fingerprint density at radius 3 is 2.65 bits per heavy atom. The fourth-order valence-corrected chi connectivity index (χ4v) is 4.24. The van der Waals surface area contributed by atoms with Crippen molar-refractivity contribution in [2.45, 2.75) is 24.1 Å². The smallest absolute Gasteiger partial charge is 0.279 e. The number of hydrogen-bond acceptors (Lipinski definition) is 5. The molecule has 0 saturated carbocycles. The first-order valence-corrected chi connectivity index (χ1v) is 10.8. The number of aromatic nitrogens is 2. The van der Waals surface area contributed by atoms with Crippen LogP contribution >= 0.6 is 11.8 Å². The van der Waals surface area contributed by atoms with E-state index in [0.717, 1.165) is 16.9 Å². The van der Waals surface area contributed by atoms with Crippen molar-refractivity contribution in [3.8, 4) is 18.1 Å². The SMILES string of the molecule is C#CCSc1nc(=O)c2c(n1C)NC(=O)CC2c1ccc(OCc2ccccc2)cc1. The van der Waals surface area contributed by atoms with Gasteiger partial charge < -0.3 is 14.6 Å². The van der Waals surface area contributed by atoms with Crippen molar-refractivity contribution in [2.24, 2.45) is 7.05 Å². The van der Waals surface area contributed by atoms with Gasteiger partial charge in [-0.3, -0.25) is 9.59 Å². The van der Waals surface area contributed by atoms with Crippen molar-refractivity contribution in [3.05, 3.63) is 81.6 Å². The van der Waals surface area contributed by atoms with E-state index >= 15 is 0 Å². The third-order valence-corrected chi connectivity index (χ3v) is 6.05. The highest BCUT2D eigenvalue weighted by Gasteiger charge is 2.32. The first kappa shape index (κ1) is 20.8. The molecule has 7 heteroatoms. The van der Waals surface area contributed by atoms with Crippen LogP contribution in [-0.2, 0) is 18.4 Å². The highest BCUT2D eigenvalue weighted by atomic mass is 32.2. The van der Waals surface area contributed by atoms with E-state index in [1.54, 1.807) is 11.6 Å². The van der Waals surface area contributed by atoms with Gasteiger partial charge in [0.15, 0.2) is 5.16 Å². The monoisotopic (exact) mass is 431 g/mol. The lowest BCUT2D eigenvalue weighted by molar-refractivity contribution is -0.116. The number of terminal acetylenes is 1. The van der Waals surface area contributed by atoms with E-state index in [0.29, 0.717) is 28.9 Å². The van der Waals surface area contributed by atoms with Gasteiger partial charge in [-0.2, -0.15) is 4.98 Å². The average Bonchev–Trinajstić information content (AvgIpc) is 2.79. The van der Waals surface area contributed by atoms with Gasteiger partial charge in [-0.25, -0.2) is 0 Å². The Hall–Kier alpha value is -3.50. The second-order valence-electron chi connectivity index (χ2n) is 7.16. The highest BCUT2D eigenvalue weighted by molar-refractivity contribution is 7.99. The number of fused-ring (bicyclic) bond motifs is 1. The molecule has 0 bridgehead atoms. The number of hydrogen-bond donors (Lipinski definition) is 1. The lowest BCUT2D eigenvalue weighted by atomic mass is 9.87. The zero-order valence-electron chi connectivity index (χ0n) is 17.0. The molecule has 6 nitrogen and oxygen atoms in total. The van der Waals surface area contributed by atoms with Crippen LogP contribution in [0.5, 0.6) is 5.75 Å². The molecule has 1 amide bonds. The van der Waals surface area contributed by atoms with Gasteiger partial charge in [-0.05, 0) is 23.3 Å². The Bertz CT molecular complexity index is 1200. The maximum absolute atomic E-state index is 12.9. The van der Waals surface area contributed by atoms with Gasteiger partial charge in [0.25, 0.3) is 5.56 Å². The molecule has 0 radical (unpaired) electrons. The number of benzene rings is 2. The van der Waals surface area contributed by atoms with E-state index < -0.39 is 0 Å².